The quantitative estimate of drug-likeness (QED) is 0.797. The Labute approximate surface area is 105 Å². The molecule has 0 saturated heterocycles. The zero-order chi connectivity index (χ0) is 12.1. The van der Waals surface area contributed by atoms with Crippen molar-refractivity contribution in [3.05, 3.63) is 35.2 Å². The van der Waals surface area contributed by atoms with Gasteiger partial charge in [-0.1, -0.05) is 18.2 Å². The smallest absolute Gasteiger partial charge is 0.261 e. The van der Waals surface area contributed by atoms with E-state index in [1.807, 2.05) is 37.4 Å². The average Bonchev–Trinajstić information content (AvgIpc) is 2.78. The van der Waals surface area contributed by atoms with Crippen molar-refractivity contribution >= 4 is 27.3 Å². The number of fused-ring (bicyclic) bond motifs is 1. The van der Waals surface area contributed by atoms with Gasteiger partial charge in [-0.25, -0.2) is 0 Å². The molecular weight excluding hydrogens is 232 g/mol. The Morgan fingerprint density at radius 2 is 2.12 bits per heavy atom. The maximum Gasteiger partial charge on any atom is 0.261 e. The van der Waals surface area contributed by atoms with E-state index in [2.05, 4.69) is 10.6 Å². The molecule has 2 aromatic rings. The number of carbonyl (C=O) groups excluding carboxylic acids is 1. The molecule has 1 aromatic heterocycles. The van der Waals surface area contributed by atoms with Crippen LogP contribution in [0.4, 0.5) is 0 Å². The number of hydrogen-bond donors (Lipinski definition) is 2. The SMILES string of the molecule is CNCCCNC(=O)c1cc2ccccc2s1. The highest BCUT2D eigenvalue weighted by Gasteiger charge is 2.08. The van der Waals surface area contributed by atoms with Crippen LogP contribution in [0.3, 0.4) is 0 Å². The van der Waals surface area contributed by atoms with Gasteiger partial charge in [0, 0.05) is 11.2 Å². The second-order valence-electron chi connectivity index (χ2n) is 3.86. The highest BCUT2D eigenvalue weighted by Crippen LogP contribution is 2.24. The first-order valence-electron chi connectivity index (χ1n) is 5.72. The maximum absolute atomic E-state index is 11.9. The van der Waals surface area contributed by atoms with E-state index < -0.39 is 0 Å². The standard InChI is InChI=1S/C13H16N2OS/c1-14-7-4-8-15-13(16)12-9-10-5-2-3-6-11(10)17-12/h2-3,5-6,9,14H,4,7-8H2,1H3,(H,15,16). The van der Waals surface area contributed by atoms with Crippen LogP contribution in [0.5, 0.6) is 0 Å². The van der Waals surface area contributed by atoms with E-state index >= 15 is 0 Å². The molecule has 3 nitrogen and oxygen atoms in total. The zero-order valence-corrected chi connectivity index (χ0v) is 10.6. The minimum absolute atomic E-state index is 0.0299. The van der Waals surface area contributed by atoms with Gasteiger partial charge in [0.25, 0.3) is 5.91 Å². The third kappa shape index (κ3) is 3.05. The summed E-state index contributed by atoms with van der Waals surface area (Å²) in [6.07, 6.45) is 0.952. The summed E-state index contributed by atoms with van der Waals surface area (Å²) in [5, 5.41) is 7.12. The van der Waals surface area contributed by atoms with Gasteiger partial charge in [-0.05, 0) is 37.5 Å². The molecule has 0 spiro atoms. The molecule has 0 radical (unpaired) electrons. The monoisotopic (exact) mass is 248 g/mol. The molecule has 90 valence electrons. The topological polar surface area (TPSA) is 41.1 Å². The van der Waals surface area contributed by atoms with Crippen LogP contribution in [-0.2, 0) is 0 Å². The summed E-state index contributed by atoms with van der Waals surface area (Å²) in [6, 6.07) is 10.0. The summed E-state index contributed by atoms with van der Waals surface area (Å²) in [5.74, 6) is 0.0299. The molecule has 0 bridgehead atoms. The van der Waals surface area contributed by atoms with Crippen LogP contribution >= 0.6 is 11.3 Å². The molecular formula is C13H16N2OS. The fraction of sp³-hybridized carbons (Fsp3) is 0.308. The molecule has 0 aliphatic rings. The minimum atomic E-state index is 0.0299. The maximum atomic E-state index is 11.9. The Kier molecular flexibility index (Phi) is 4.12. The molecule has 2 N–H and O–H groups in total. The lowest BCUT2D eigenvalue weighted by Gasteiger charge is -2.02. The Morgan fingerprint density at radius 3 is 2.88 bits per heavy atom. The third-order valence-electron chi connectivity index (χ3n) is 2.54. The summed E-state index contributed by atoms with van der Waals surface area (Å²) in [7, 11) is 1.91. The highest BCUT2D eigenvalue weighted by molar-refractivity contribution is 7.20. The second-order valence-corrected chi connectivity index (χ2v) is 4.95. The average molecular weight is 248 g/mol. The lowest BCUT2D eigenvalue weighted by atomic mass is 10.2. The Hall–Kier alpha value is -1.39. The number of hydrogen-bond acceptors (Lipinski definition) is 3. The van der Waals surface area contributed by atoms with E-state index in [-0.39, 0.29) is 5.91 Å². The van der Waals surface area contributed by atoms with Crippen molar-refractivity contribution in [2.24, 2.45) is 0 Å². The first kappa shape index (κ1) is 12.1. The summed E-state index contributed by atoms with van der Waals surface area (Å²) < 4.78 is 1.16. The normalized spacial score (nSPS) is 10.6. The van der Waals surface area contributed by atoms with Gasteiger partial charge >= 0.3 is 0 Å². The van der Waals surface area contributed by atoms with Crippen LogP contribution in [0.2, 0.25) is 0 Å². The van der Waals surface area contributed by atoms with Crippen molar-refractivity contribution in [1.29, 1.82) is 0 Å². The molecule has 2 rings (SSSR count). The molecule has 0 saturated carbocycles. The molecule has 0 fully saturated rings. The van der Waals surface area contributed by atoms with Gasteiger partial charge in [-0.15, -0.1) is 11.3 Å². The molecule has 0 unspecified atom stereocenters. The first-order chi connectivity index (χ1) is 8.31. The first-order valence-corrected chi connectivity index (χ1v) is 6.54. The van der Waals surface area contributed by atoms with Gasteiger partial charge in [0.05, 0.1) is 4.88 Å². The molecule has 1 aromatic carbocycles. The fourth-order valence-corrected chi connectivity index (χ4v) is 2.63. The number of carbonyl (C=O) groups is 1. The van der Waals surface area contributed by atoms with Crippen molar-refractivity contribution in [3.63, 3.8) is 0 Å². The van der Waals surface area contributed by atoms with Crippen LogP contribution in [0, 0.1) is 0 Å². The Balaban J connectivity index is 1.99. The molecule has 0 atom stereocenters. The van der Waals surface area contributed by atoms with Crippen LogP contribution in [0.25, 0.3) is 10.1 Å². The van der Waals surface area contributed by atoms with E-state index in [9.17, 15) is 4.79 Å². The van der Waals surface area contributed by atoms with E-state index in [1.54, 1.807) is 11.3 Å². The predicted octanol–water partition coefficient (Wildman–Crippen LogP) is 2.24. The van der Waals surface area contributed by atoms with Crippen LogP contribution < -0.4 is 10.6 Å². The Morgan fingerprint density at radius 1 is 1.29 bits per heavy atom. The second kappa shape index (κ2) is 5.80. The van der Waals surface area contributed by atoms with Gasteiger partial charge in [-0.3, -0.25) is 4.79 Å². The molecule has 0 aliphatic heterocycles. The number of thiophene rings is 1. The van der Waals surface area contributed by atoms with Crippen molar-refractivity contribution in [3.8, 4) is 0 Å². The minimum Gasteiger partial charge on any atom is -0.351 e. The molecule has 4 heteroatoms. The fourth-order valence-electron chi connectivity index (χ4n) is 1.65. The van der Waals surface area contributed by atoms with Crippen LogP contribution in [-0.4, -0.2) is 26.0 Å². The molecule has 17 heavy (non-hydrogen) atoms. The largest absolute Gasteiger partial charge is 0.351 e. The lowest BCUT2D eigenvalue weighted by molar-refractivity contribution is 0.0957. The Bertz CT molecular complexity index is 474. The number of nitrogens with one attached hydrogen (secondary N) is 2. The lowest BCUT2D eigenvalue weighted by Crippen LogP contribution is -2.25. The molecule has 0 aliphatic carbocycles. The predicted molar refractivity (Wildman–Crippen MR) is 72.7 cm³/mol. The summed E-state index contributed by atoms with van der Waals surface area (Å²) in [5.41, 5.74) is 0. The summed E-state index contributed by atoms with van der Waals surface area (Å²) >= 11 is 1.54. The van der Waals surface area contributed by atoms with E-state index in [1.165, 1.54) is 0 Å². The van der Waals surface area contributed by atoms with Crippen LogP contribution in [0.15, 0.2) is 30.3 Å². The van der Waals surface area contributed by atoms with Gasteiger partial charge in [0.1, 0.15) is 0 Å². The van der Waals surface area contributed by atoms with Crippen molar-refractivity contribution in [2.45, 2.75) is 6.42 Å². The van der Waals surface area contributed by atoms with E-state index in [4.69, 9.17) is 0 Å². The van der Waals surface area contributed by atoms with E-state index in [0.717, 1.165) is 27.9 Å². The van der Waals surface area contributed by atoms with Gasteiger partial charge in [-0.2, -0.15) is 0 Å². The van der Waals surface area contributed by atoms with Crippen molar-refractivity contribution < 1.29 is 4.79 Å². The zero-order valence-electron chi connectivity index (χ0n) is 9.82. The summed E-state index contributed by atoms with van der Waals surface area (Å²) in [6.45, 7) is 1.64. The van der Waals surface area contributed by atoms with E-state index in [0.29, 0.717) is 6.54 Å². The number of amides is 1. The summed E-state index contributed by atoms with van der Waals surface area (Å²) in [4.78, 5) is 12.6. The molecule has 1 amide bonds. The number of benzene rings is 1. The number of rotatable bonds is 5. The van der Waals surface area contributed by atoms with Gasteiger partial charge < -0.3 is 10.6 Å². The molecule has 1 heterocycles. The van der Waals surface area contributed by atoms with Crippen LogP contribution in [0.1, 0.15) is 16.1 Å². The van der Waals surface area contributed by atoms with Crippen molar-refractivity contribution in [1.82, 2.24) is 10.6 Å². The van der Waals surface area contributed by atoms with Gasteiger partial charge in [0.15, 0.2) is 0 Å². The van der Waals surface area contributed by atoms with Gasteiger partial charge in [0.2, 0.25) is 0 Å². The highest BCUT2D eigenvalue weighted by atomic mass is 32.1. The van der Waals surface area contributed by atoms with Crippen molar-refractivity contribution in [2.75, 3.05) is 20.1 Å². The third-order valence-corrected chi connectivity index (χ3v) is 3.65.